The minimum absolute atomic E-state index is 0.0490. The number of benzene rings is 2. The molecule has 5 heteroatoms. The molecule has 0 aliphatic rings. The lowest BCUT2D eigenvalue weighted by Crippen LogP contribution is -2.22. The van der Waals surface area contributed by atoms with Crippen LogP contribution in [0.2, 0.25) is 0 Å². The number of carbonyl (C=O) groups is 2. The van der Waals surface area contributed by atoms with Crippen LogP contribution < -0.4 is 5.32 Å². The van der Waals surface area contributed by atoms with E-state index in [0.29, 0.717) is 18.5 Å². The average molecular weight is 329 g/mol. The van der Waals surface area contributed by atoms with Crippen LogP contribution in [0.25, 0.3) is 0 Å². The molecule has 0 aromatic heterocycles. The Morgan fingerprint density at radius 3 is 2.54 bits per heavy atom. The highest BCUT2D eigenvalue weighted by molar-refractivity contribution is 5.92. The number of carbonyl (C=O) groups excluding carboxylic acids is 1. The van der Waals surface area contributed by atoms with Gasteiger partial charge in [-0.1, -0.05) is 31.2 Å². The van der Waals surface area contributed by atoms with E-state index in [1.807, 2.05) is 6.07 Å². The van der Waals surface area contributed by atoms with Crippen molar-refractivity contribution >= 4 is 17.6 Å². The predicted octanol–water partition coefficient (Wildman–Crippen LogP) is 3.66. The minimum atomic E-state index is -0.854. The topological polar surface area (TPSA) is 66.4 Å². The zero-order chi connectivity index (χ0) is 17.5. The number of aryl methyl sites for hydroxylation is 1. The molecule has 0 fully saturated rings. The van der Waals surface area contributed by atoms with Gasteiger partial charge in [-0.3, -0.25) is 9.59 Å². The summed E-state index contributed by atoms with van der Waals surface area (Å²) in [5, 5.41) is 11.6. The van der Waals surface area contributed by atoms with Gasteiger partial charge in [-0.2, -0.15) is 0 Å². The summed E-state index contributed by atoms with van der Waals surface area (Å²) in [7, 11) is 0. The number of amides is 1. The van der Waals surface area contributed by atoms with Crippen molar-refractivity contribution in [1.82, 2.24) is 0 Å². The van der Waals surface area contributed by atoms with Gasteiger partial charge in [0.05, 0.1) is 0 Å². The molecule has 1 unspecified atom stereocenters. The van der Waals surface area contributed by atoms with Gasteiger partial charge in [-0.15, -0.1) is 0 Å². The maximum Gasteiger partial charge on any atom is 0.303 e. The molecule has 24 heavy (non-hydrogen) atoms. The molecule has 0 radical (unpaired) electrons. The highest BCUT2D eigenvalue weighted by Crippen LogP contribution is 2.16. The monoisotopic (exact) mass is 329 g/mol. The Morgan fingerprint density at radius 1 is 1.12 bits per heavy atom. The SMILES string of the molecule is CC(Cc1cccc(F)c1)C(=O)Nc1cccc(CCC(=O)O)c1. The summed E-state index contributed by atoms with van der Waals surface area (Å²) in [5.41, 5.74) is 2.26. The van der Waals surface area contributed by atoms with Gasteiger partial charge in [0.1, 0.15) is 5.82 Å². The van der Waals surface area contributed by atoms with E-state index in [0.717, 1.165) is 11.1 Å². The number of carboxylic acids is 1. The third kappa shape index (κ3) is 5.50. The summed E-state index contributed by atoms with van der Waals surface area (Å²) >= 11 is 0. The van der Waals surface area contributed by atoms with Gasteiger partial charge in [-0.25, -0.2) is 4.39 Å². The van der Waals surface area contributed by atoms with Crippen LogP contribution in [0, 0.1) is 11.7 Å². The lowest BCUT2D eigenvalue weighted by Gasteiger charge is -2.13. The van der Waals surface area contributed by atoms with Crippen LogP contribution in [0.5, 0.6) is 0 Å². The molecule has 2 N–H and O–H groups in total. The summed E-state index contributed by atoms with van der Waals surface area (Å²) in [4.78, 5) is 22.9. The first-order valence-corrected chi connectivity index (χ1v) is 7.80. The van der Waals surface area contributed by atoms with Gasteiger partial charge >= 0.3 is 5.97 Å². The molecule has 2 aromatic rings. The summed E-state index contributed by atoms with van der Waals surface area (Å²) in [6, 6.07) is 13.4. The number of anilines is 1. The van der Waals surface area contributed by atoms with Gasteiger partial charge in [0.2, 0.25) is 5.91 Å². The van der Waals surface area contributed by atoms with Gasteiger partial charge in [0.15, 0.2) is 0 Å². The van der Waals surface area contributed by atoms with E-state index in [4.69, 9.17) is 5.11 Å². The zero-order valence-corrected chi connectivity index (χ0v) is 13.5. The quantitative estimate of drug-likeness (QED) is 0.814. The van der Waals surface area contributed by atoms with Crippen LogP contribution in [-0.4, -0.2) is 17.0 Å². The van der Waals surface area contributed by atoms with E-state index < -0.39 is 5.97 Å². The van der Waals surface area contributed by atoms with Crippen molar-refractivity contribution < 1.29 is 19.1 Å². The minimum Gasteiger partial charge on any atom is -0.481 e. The van der Waals surface area contributed by atoms with Gasteiger partial charge < -0.3 is 10.4 Å². The molecule has 4 nitrogen and oxygen atoms in total. The van der Waals surface area contributed by atoms with E-state index in [1.165, 1.54) is 12.1 Å². The summed E-state index contributed by atoms with van der Waals surface area (Å²) in [5.74, 6) is -1.64. The first-order valence-electron chi connectivity index (χ1n) is 7.80. The maximum absolute atomic E-state index is 13.2. The van der Waals surface area contributed by atoms with Crippen LogP contribution in [0.4, 0.5) is 10.1 Å². The van der Waals surface area contributed by atoms with Crippen molar-refractivity contribution in [3.8, 4) is 0 Å². The highest BCUT2D eigenvalue weighted by Gasteiger charge is 2.14. The van der Waals surface area contributed by atoms with E-state index >= 15 is 0 Å². The van der Waals surface area contributed by atoms with E-state index in [2.05, 4.69) is 5.32 Å². The second-order valence-electron chi connectivity index (χ2n) is 5.82. The van der Waals surface area contributed by atoms with Gasteiger partial charge in [0.25, 0.3) is 0 Å². The molecule has 1 atom stereocenters. The van der Waals surface area contributed by atoms with Crippen LogP contribution in [-0.2, 0) is 22.4 Å². The van der Waals surface area contributed by atoms with Crippen molar-refractivity contribution in [2.24, 2.45) is 5.92 Å². The lowest BCUT2D eigenvalue weighted by atomic mass is 10.00. The molecule has 0 heterocycles. The molecule has 0 bridgehead atoms. The van der Waals surface area contributed by atoms with E-state index in [-0.39, 0.29) is 24.1 Å². The third-order valence-electron chi connectivity index (χ3n) is 3.70. The summed E-state index contributed by atoms with van der Waals surface area (Å²) in [6.07, 6.45) is 0.910. The third-order valence-corrected chi connectivity index (χ3v) is 3.70. The van der Waals surface area contributed by atoms with Gasteiger partial charge in [0, 0.05) is 18.0 Å². The van der Waals surface area contributed by atoms with Crippen molar-refractivity contribution in [3.63, 3.8) is 0 Å². The molecule has 0 aliphatic heterocycles. The smallest absolute Gasteiger partial charge is 0.303 e. The van der Waals surface area contributed by atoms with Crippen molar-refractivity contribution in [3.05, 3.63) is 65.5 Å². The Morgan fingerprint density at radius 2 is 1.83 bits per heavy atom. The molecular weight excluding hydrogens is 309 g/mol. The highest BCUT2D eigenvalue weighted by atomic mass is 19.1. The molecule has 0 saturated heterocycles. The molecule has 126 valence electrons. The second kappa shape index (κ2) is 8.24. The van der Waals surface area contributed by atoms with Crippen LogP contribution in [0.15, 0.2) is 48.5 Å². The van der Waals surface area contributed by atoms with Gasteiger partial charge in [-0.05, 0) is 48.2 Å². The fourth-order valence-corrected chi connectivity index (χ4v) is 2.43. The fraction of sp³-hybridized carbons (Fsp3) is 0.263. The number of hydrogen-bond acceptors (Lipinski definition) is 2. The number of aliphatic carboxylic acids is 1. The van der Waals surface area contributed by atoms with Crippen molar-refractivity contribution in [2.45, 2.75) is 26.2 Å². The Bertz CT molecular complexity index is 730. The Balaban J connectivity index is 1.95. The number of carboxylic acid groups (broad SMARTS) is 1. The molecular formula is C19H20FNO3. The fourth-order valence-electron chi connectivity index (χ4n) is 2.43. The number of rotatable bonds is 7. The van der Waals surface area contributed by atoms with Crippen molar-refractivity contribution in [2.75, 3.05) is 5.32 Å². The summed E-state index contributed by atoms with van der Waals surface area (Å²) < 4.78 is 13.2. The molecule has 0 spiro atoms. The Labute approximate surface area is 140 Å². The second-order valence-corrected chi connectivity index (χ2v) is 5.82. The first kappa shape index (κ1) is 17.7. The van der Waals surface area contributed by atoms with E-state index in [1.54, 1.807) is 37.3 Å². The summed E-state index contributed by atoms with van der Waals surface area (Å²) in [6.45, 7) is 1.79. The molecule has 0 aliphatic carbocycles. The first-order chi connectivity index (χ1) is 11.4. The predicted molar refractivity (Wildman–Crippen MR) is 90.3 cm³/mol. The number of halogens is 1. The standard InChI is InChI=1S/C19H20FNO3/c1-13(10-15-5-2-6-16(20)11-15)19(24)21-17-7-3-4-14(12-17)8-9-18(22)23/h2-7,11-13H,8-10H2,1H3,(H,21,24)(H,22,23). The largest absolute Gasteiger partial charge is 0.481 e. The maximum atomic E-state index is 13.2. The van der Waals surface area contributed by atoms with Crippen molar-refractivity contribution in [1.29, 1.82) is 0 Å². The average Bonchev–Trinajstić information content (AvgIpc) is 2.53. The number of nitrogens with one attached hydrogen (secondary N) is 1. The molecule has 2 rings (SSSR count). The van der Waals surface area contributed by atoms with Crippen LogP contribution in [0.1, 0.15) is 24.5 Å². The lowest BCUT2D eigenvalue weighted by molar-refractivity contribution is -0.137. The molecule has 2 aromatic carbocycles. The van der Waals surface area contributed by atoms with Crippen LogP contribution in [0.3, 0.4) is 0 Å². The zero-order valence-electron chi connectivity index (χ0n) is 13.5. The van der Waals surface area contributed by atoms with E-state index in [9.17, 15) is 14.0 Å². The normalized spacial score (nSPS) is 11.8. The van der Waals surface area contributed by atoms with Crippen LogP contribution >= 0.6 is 0 Å². The Kier molecular flexibility index (Phi) is 6.07. The molecule has 0 saturated carbocycles. The number of hydrogen-bond donors (Lipinski definition) is 2. The molecule has 1 amide bonds. The Hall–Kier alpha value is -2.69.